The third kappa shape index (κ3) is 8.29. The van der Waals surface area contributed by atoms with Gasteiger partial charge in [0.25, 0.3) is 0 Å². The van der Waals surface area contributed by atoms with Crippen LogP contribution in [0.3, 0.4) is 0 Å². The number of benzene rings is 8. The van der Waals surface area contributed by atoms with Gasteiger partial charge in [-0.1, -0.05) is 174 Å². The molecule has 0 aliphatic carbocycles. The van der Waals surface area contributed by atoms with Crippen molar-refractivity contribution in [1.29, 1.82) is 0 Å². The van der Waals surface area contributed by atoms with Crippen LogP contribution in [0.4, 0.5) is 5.69 Å². The Morgan fingerprint density at radius 3 is 1.60 bits per heavy atom. The molecule has 57 heavy (non-hydrogen) atoms. The summed E-state index contributed by atoms with van der Waals surface area (Å²) in [6.07, 6.45) is 0.391. The van der Waals surface area contributed by atoms with Crippen molar-refractivity contribution in [2.75, 3.05) is 5.73 Å². The predicted molar refractivity (Wildman–Crippen MR) is 247 cm³/mol. The van der Waals surface area contributed by atoms with Gasteiger partial charge in [-0.15, -0.1) is 0 Å². The van der Waals surface area contributed by atoms with E-state index in [1.54, 1.807) is 12.1 Å². The predicted octanol–water partition coefficient (Wildman–Crippen LogP) is 16.9. The molecule has 0 amide bonds. The number of nitrogen functional groups attached to an aromatic ring is 1. The van der Waals surface area contributed by atoms with Crippen molar-refractivity contribution in [3.63, 3.8) is 0 Å². The second-order valence-electron chi connectivity index (χ2n) is 12.6. The molecule has 0 saturated heterocycles. The lowest BCUT2D eigenvalue weighted by Gasteiger charge is -2.11. The zero-order valence-electron chi connectivity index (χ0n) is 40.4. The maximum Gasteiger partial charge on any atom is 0.158 e. The lowest BCUT2D eigenvalue weighted by atomic mass is 9.98. The van der Waals surface area contributed by atoms with Gasteiger partial charge in [0, 0.05) is 32.4 Å². The van der Waals surface area contributed by atoms with Gasteiger partial charge in [0.2, 0.25) is 0 Å². The number of para-hydroxylation sites is 4. The van der Waals surface area contributed by atoms with Crippen LogP contribution in [0.15, 0.2) is 183 Å². The minimum Gasteiger partial charge on any atom is -1.00 e. The summed E-state index contributed by atoms with van der Waals surface area (Å²) in [6.45, 7) is 0. The average Bonchev–Trinajstić information content (AvgIpc) is 3.90. The van der Waals surface area contributed by atoms with Crippen molar-refractivity contribution in [3.05, 3.63) is 205 Å². The van der Waals surface area contributed by atoms with Crippen LogP contribution >= 0.6 is 62.3 Å². The first-order valence-electron chi connectivity index (χ1n) is 22.2. The molecule has 2 aromatic heterocycles. The maximum atomic E-state index is 8.29. The van der Waals surface area contributed by atoms with Gasteiger partial charge in [0.1, 0.15) is 16.7 Å². The molecule has 8 heteroatoms. The van der Waals surface area contributed by atoms with Gasteiger partial charge in [-0.2, -0.15) is 0 Å². The van der Waals surface area contributed by atoms with Crippen molar-refractivity contribution in [2.45, 2.75) is 6.42 Å². The molecule has 0 saturated carbocycles. The Bertz CT molecular complexity index is 3540. The minimum atomic E-state index is -0.439. The number of rotatable bonds is 4. The maximum absolute atomic E-state index is 8.29. The summed E-state index contributed by atoms with van der Waals surface area (Å²) in [5.74, 6) is 0. The highest BCUT2D eigenvalue weighted by Gasteiger charge is 2.15. The molecule has 0 fully saturated rings. The van der Waals surface area contributed by atoms with Crippen LogP contribution in [-0.4, -0.2) is 0 Å². The Morgan fingerprint density at radius 2 is 1.00 bits per heavy atom. The van der Waals surface area contributed by atoms with Crippen LogP contribution in [0.2, 0.25) is 20.1 Å². The molecule has 0 atom stereocenters. The third-order valence-corrected chi connectivity index (χ3v) is 11.5. The summed E-state index contributed by atoms with van der Waals surface area (Å²) >= 11 is 28.1. The van der Waals surface area contributed by atoms with E-state index in [9.17, 15) is 0 Å². The quantitative estimate of drug-likeness (QED) is 0.141. The Hall–Kier alpha value is -5.20. The van der Waals surface area contributed by atoms with Gasteiger partial charge in [-0.25, -0.2) is 0 Å². The number of nitrogens with two attached hydrogens (primary N) is 1. The van der Waals surface area contributed by atoms with Crippen LogP contribution in [0.25, 0.3) is 66.1 Å². The topological polar surface area (TPSA) is 52.3 Å². The zero-order valence-corrected chi connectivity index (χ0v) is 34.0. The normalized spacial score (nSPS) is 13.5. The summed E-state index contributed by atoms with van der Waals surface area (Å²) in [7, 11) is 0. The summed E-state index contributed by atoms with van der Waals surface area (Å²) in [5, 5.41) is 5.35. The fraction of sp³-hybridized carbons (Fsp3) is 0.0204. The Morgan fingerprint density at radius 1 is 0.509 bits per heavy atom. The summed E-state index contributed by atoms with van der Waals surface area (Å²) in [6, 6.07) is 30.2. The van der Waals surface area contributed by atoms with E-state index in [4.69, 9.17) is 74.7 Å². The van der Waals surface area contributed by atoms with E-state index in [2.05, 4.69) is 15.9 Å². The highest BCUT2D eigenvalue weighted by Crippen LogP contribution is 2.38. The molecular weight excluding hydrogens is 856 g/mol. The van der Waals surface area contributed by atoms with E-state index in [1.165, 1.54) is 12.1 Å². The number of furan rings is 2. The van der Waals surface area contributed by atoms with Gasteiger partial charge in [0.05, 0.1) is 39.5 Å². The summed E-state index contributed by atoms with van der Waals surface area (Å²) < 4.78 is 91.3. The molecule has 0 spiro atoms. The van der Waals surface area contributed by atoms with Gasteiger partial charge in [0.15, 0.2) is 5.58 Å². The second kappa shape index (κ2) is 17.1. The summed E-state index contributed by atoms with van der Waals surface area (Å²) in [5.41, 5.74) is 12.3. The summed E-state index contributed by atoms with van der Waals surface area (Å²) in [4.78, 5) is 0. The van der Waals surface area contributed by atoms with Crippen molar-refractivity contribution in [2.24, 2.45) is 0 Å². The van der Waals surface area contributed by atoms with Crippen molar-refractivity contribution in [3.8, 4) is 22.3 Å². The smallest absolute Gasteiger partial charge is 0.158 e. The highest BCUT2D eigenvalue weighted by molar-refractivity contribution is 9.10. The molecule has 0 aliphatic heterocycles. The minimum absolute atomic E-state index is 0. The SMILES string of the molecule is Nc1cccc2c1oc1ccccc12.[2H-].[2H]c1c([2H])c([2H])c(-c2cc(Cl)c(Cl)c(Br)c2)c([2H])c1[2H].[2H]c1c([2H])c([2H])c(-c2cc(Cl)c(Cl)c(Cc3cccc4c3oc3ccccc34)c2)c([2H])c1[2H]. The van der Waals surface area contributed by atoms with E-state index in [0.717, 1.165) is 49.4 Å². The molecule has 3 nitrogen and oxygen atoms in total. The highest BCUT2D eigenvalue weighted by atomic mass is 79.9. The molecule has 2 N–H and O–H groups in total. The van der Waals surface area contributed by atoms with E-state index in [0.29, 0.717) is 43.3 Å². The first-order valence-corrected chi connectivity index (χ1v) is 19.5. The van der Waals surface area contributed by atoms with E-state index in [1.807, 2.05) is 84.9 Å². The first kappa shape index (κ1) is 28.2. The van der Waals surface area contributed by atoms with Crippen LogP contribution in [0.5, 0.6) is 0 Å². The molecule has 0 aliphatic rings. The number of halogens is 5. The Kier molecular flexibility index (Phi) is 8.48. The number of fused-ring (bicyclic) bond motifs is 6. The lowest BCUT2D eigenvalue weighted by Crippen LogP contribution is -1.92. The van der Waals surface area contributed by atoms with Crippen molar-refractivity contribution < 1.29 is 24.0 Å². The monoisotopic (exact) mass is 897 g/mol. The number of anilines is 1. The fourth-order valence-electron chi connectivity index (χ4n) is 6.33. The van der Waals surface area contributed by atoms with Crippen LogP contribution in [0.1, 0.15) is 26.3 Å². The van der Waals surface area contributed by atoms with Gasteiger partial charge in [-0.05, 0) is 91.8 Å². The molecule has 0 bridgehead atoms. The van der Waals surface area contributed by atoms with Gasteiger partial charge < -0.3 is 16.0 Å². The number of hydrogen-bond donors (Lipinski definition) is 1. The first-order chi connectivity index (χ1) is 31.9. The number of hydrogen-bond acceptors (Lipinski definition) is 3. The van der Waals surface area contributed by atoms with Gasteiger partial charge >= 0.3 is 0 Å². The van der Waals surface area contributed by atoms with E-state index < -0.39 is 24.2 Å². The largest absolute Gasteiger partial charge is 1.00 e. The van der Waals surface area contributed by atoms with E-state index >= 15 is 0 Å². The van der Waals surface area contributed by atoms with Crippen LogP contribution < -0.4 is 5.73 Å². The molecule has 0 unspecified atom stereocenters. The van der Waals surface area contributed by atoms with Gasteiger partial charge in [-0.3, -0.25) is 0 Å². The molecule has 282 valence electrons. The Labute approximate surface area is 373 Å². The lowest BCUT2D eigenvalue weighted by molar-refractivity contribution is 0.664. The molecule has 10 aromatic rings. The third-order valence-electron chi connectivity index (χ3n) is 8.97. The van der Waals surface area contributed by atoms with Crippen LogP contribution in [0, 0.1) is 0 Å². The molecular formula is C49H33BrCl4NO2-. The Balaban J connectivity index is 0.000000166. The molecule has 10 rings (SSSR count). The van der Waals surface area contributed by atoms with Crippen LogP contribution in [-0.2, 0) is 6.42 Å². The van der Waals surface area contributed by atoms with Crippen molar-refractivity contribution >= 4 is 112 Å². The van der Waals surface area contributed by atoms with E-state index in [-0.39, 0.29) is 58.9 Å². The molecule has 8 aromatic carbocycles. The van der Waals surface area contributed by atoms with Crippen molar-refractivity contribution in [1.82, 2.24) is 0 Å². The fourth-order valence-corrected chi connectivity index (χ4v) is 7.64. The molecule has 2 heterocycles. The molecule has 0 radical (unpaired) electrons. The average molecular weight is 901 g/mol. The second-order valence-corrected chi connectivity index (χ2v) is 15.0. The zero-order chi connectivity index (χ0) is 48.2. The standard InChI is InChI=1S/C25H16Cl2O.C12H7BrCl2.C12H9NO.H/c26-22-15-18(16-7-2-1-3-8-16)14-19(24(22)27)13-17-9-6-11-21-20-10-4-5-12-23(20)28-25(17)21;13-10-6-9(7-11(14)12(10)15)8-4-2-1-3-5-8;13-10-6-3-5-9-8-4-1-2-7-11(8)14-12(9)10;/h1-12,14-15H,13H2;1-7H;1-7H,13H2;/q;;;-1/i1D,2D,3D,7D,8D;1D,2D,3D,4D,5D;;1+1.